The zero-order valence-electron chi connectivity index (χ0n) is 10.9. The van der Waals surface area contributed by atoms with Crippen molar-refractivity contribution in [3.8, 4) is 0 Å². The van der Waals surface area contributed by atoms with E-state index in [9.17, 15) is 31.5 Å². The van der Waals surface area contributed by atoms with Crippen LogP contribution in [0.4, 0.5) is 13.2 Å². The topological polar surface area (TPSA) is 92.7 Å². The van der Waals surface area contributed by atoms with Crippen molar-refractivity contribution in [1.29, 1.82) is 0 Å². The van der Waals surface area contributed by atoms with Gasteiger partial charge in [0.15, 0.2) is 0 Å². The molecule has 0 saturated carbocycles. The minimum Gasteiger partial charge on any atom is -0.466 e. The Kier molecular flexibility index (Phi) is 4.66. The van der Waals surface area contributed by atoms with Crippen molar-refractivity contribution in [3.05, 3.63) is 29.8 Å². The summed E-state index contributed by atoms with van der Waals surface area (Å²) in [7, 11) is -4.22. The fourth-order valence-corrected chi connectivity index (χ4v) is 2.92. The second-order valence-electron chi connectivity index (χ2n) is 4.07. The fourth-order valence-electron chi connectivity index (χ4n) is 1.47. The maximum absolute atomic E-state index is 12.8. The maximum Gasteiger partial charge on any atom is 0.443 e. The molecular formula is C11H12F3NO5S. The molecule has 0 radical (unpaired) electrons. The lowest BCUT2D eigenvalue weighted by atomic mass is 10.2. The van der Waals surface area contributed by atoms with Crippen LogP contribution in [0.15, 0.2) is 29.2 Å². The Morgan fingerprint density at radius 1 is 1.29 bits per heavy atom. The average Bonchev–Trinajstić information content (AvgIpc) is 2.36. The maximum atomic E-state index is 12.8. The molecule has 6 nitrogen and oxygen atoms in total. The van der Waals surface area contributed by atoms with Crippen molar-refractivity contribution in [3.63, 3.8) is 0 Å². The molecule has 118 valence electrons. The summed E-state index contributed by atoms with van der Waals surface area (Å²) in [4.78, 5) is 10.7. The molecule has 0 unspecified atom stereocenters. The molecule has 10 heteroatoms. The highest BCUT2D eigenvalue weighted by molar-refractivity contribution is 7.89. The number of halogens is 3. The van der Waals surface area contributed by atoms with E-state index in [1.807, 2.05) is 0 Å². The summed E-state index contributed by atoms with van der Waals surface area (Å²) in [5, 5.41) is 9.41. The molecule has 0 bridgehead atoms. The van der Waals surface area contributed by atoms with Crippen LogP contribution in [0.25, 0.3) is 0 Å². The lowest BCUT2D eigenvalue weighted by Gasteiger charge is -2.28. The number of ether oxygens (including phenoxy) is 1. The highest BCUT2D eigenvalue weighted by Crippen LogP contribution is 2.31. The number of sulfonamides is 1. The summed E-state index contributed by atoms with van der Waals surface area (Å²) in [6.45, 7) is 1.35. The largest absolute Gasteiger partial charge is 0.466 e. The van der Waals surface area contributed by atoms with E-state index in [2.05, 4.69) is 4.74 Å². The number of aryl methyl sites for hydroxylation is 1. The van der Waals surface area contributed by atoms with Crippen molar-refractivity contribution in [1.82, 2.24) is 4.72 Å². The Bertz CT molecular complexity index is 644. The van der Waals surface area contributed by atoms with Gasteiger partial charge in [-0.1, -0.05) is 18.2 Å². The molecule has 1 rings (SSSR count). The molecule has 0 spiro atoms. The monoisotopic (exact) mass is 327 g/mol. The van der Waals surface area contributed by atoms with Crippen LogP contribution in [0.1, 0.15) is 5.56 Å². The van der Waals surface area contributed by atoms with E-state index in [1.165, 1.54) is 25.1 Å². The van der Waals surface area contributed by atoms with Crippen molar-refractivity contribution in [2.24, 2.45) is 0 Å². The zero-order valence-corrected chi connectivity index (χ0v) is 11.7. The average molecular weight is 327 g/mol. The van der Waals surface area contributed by atoms with Crippen LogP contribution in [-0.4, -0.2) is 38.5 Å². The van der Waals surface area contributed by atoms with Gasteiger partial charge in [-0.25, -0.2) is 13.2 Å². The number of nitrogens with one attached hydrogen (secondary N) is 1. The number of alkyl halides is 3. The van der Waals surface area contributed by atoms with E-state index in [-0.39, 0.29) is 5.56 Å². The Hall–Kier alpha value is -1.65. The van der Waals surface area contributed by atoms with Crippen molar-refractivity contribution < 1.29 is 36.2 Å². The Morgan fingerprint density at radius 3 is 2.24 bits per heavy atom. The molecule has 0 saturated heterocycles. The lowest BCUT2D eigenvalue weighted by Crippen LogP contribution is -2.64. The Morgan fingerprint density at radius 2 is 1.81 bits per heavy atom. The number of rotatable bonds is 4. The lowest BCUT2D eigenvalue weighted by molar-refractivity contribution is -0.265. The number of hydrogen-bond acceptors (Lipinski definition) is 5. The third kappa shape index (κ3) is 3.34. The normalized spacial score (nSPS) is 15.3. The molecule has 0 aliphatic carbocycles. The van der Waals surface area contributed by atoms with Crippen LogP contribution >= 0.6 is 0 Å². The van der Waals surface area contributed by atoms with Gasteiger partial charge < -0.3 is 9.84 Å². The molecule has 1 aromatic carbocycles. The predicted molar refractivity (Wildman–Crippen MR) is 64.5 cm³/mol. The first kappa shape index (κ1) is 17.4. The molecule has 0 heterocycles. The summed E-state index contributed by atoms with van der Waals surface area (Å²) >= 11 is 0. The second kappa shape index (κ2) is 5.62. The number of carbonyl (C=O) groups excluding carboxylic acids is 1. The highest BCUT2D eigenvalue weighted by atomic mass is 32.2. The smallest absolute Gasteiger partial charge is 0.443 e. The molecule has 21 heavy (non-hydrogen) atoms. The molecule has 2 N–H and O–H groups in total. The summed E-state index contributed by atoms with van der Waals surface area (Å²) < 4.78 is 67.1. The number of esters is 1. The van der Waals surface area contributed by atoms with Gasteiger partial charge in [0.1, 0.15) is 0 Å². The summed E-state index contributed by atoms with van der Waals surface area (Å²) in [6.07, 6.45) is -5.60. The van der Waals surface area contributed by atoms with Gasteiger partial charge in [0, 0.05) is 0 Å². The van der Waals surface area contributed by atoms with Gasteiger partial charge in [0.25, 0.3) is 0 Å². The number of aliphatic hydroxyl groups is 1. The summed E-state index contributed by atoms with van der Waals surface area (Å²) in [5.41, 5.74) is -4.23. The van der Waals surface area contributed by atoms with Crippen LogP contribution in [0.2, 0.25) is 0 Å². The molecule has 0 amide bonds. The molecule has 1 atom stereocenters. The number of carbonyl (C=O) groups is 1. The molecule has 0 aromatic heterocycles. The molecular weight excluding hydrogens is 315 g/mol. The van der Waals surface area contributed by atoms with E-state index in [0.29, 0.717) is 7.11 Å². The van der Waals surface area contributed by atoms with Crippen LogP contribution < -0.4 is 4.72 Å². The van der Waals surface area contributed by atoms with E-state index in [4.69, 9.17) is 0 Å². The predicted octanol–water partition coefficient (Wildman–Crippen LogP) is 0.697. The fraction of sp³-hybridized carbons (Fsp3) is 0.364. The van der Waals surface area contributed by atoms with Gasteiger partial charge in [-0.3, -0.25) is 0 Å². The summed E-state index contributed by atoms with van der Waals surface area (Å²) in [6, 6.07) is 5.14. The van der Waals surface area contributed by atoms with Crippen LogP contribution in [0.3, 0.4) is 0 Å². The van der Waals surface area contributed by atoms with Crippen LogP contribution in [0, 0.1) is 6.92 Å². The van der Waals surface area contributed by atoms with Gasteiger partial charge in [-0.15, -0.1) is 0 Å². The van der Waals surface area contributed by atoms with Crippen molar-refractivity contribution >= 4 is 16.0 Å². The quantitative estimate of drug-likeness (QED) is 0.627. The van der Waals surface area contributed by atoms with Gasteiger partial charge in [-0.05, 0) is 18.6 Å². The minimum absolute atomic E-state index is 0.138. The number of hydrogen-bond donors (Lipinski definition) is 2. The molecule has 1 aromatic rings. The van der Waals surface area contributed by atoms with Crippen LogP contribution in [0.5, 0.6) is 0 Å². The standard InChI is InChI=1S/C11H12F3NO5S/c1-7-5-3-4-6-8(7)21(18,19)15-10(17,9(16)20-2)11(12,13)14/h3-6,15,17H,1-2H3/t10-/m1/s1. The zero-order chi connectivity index (χ0) is 16.5. The number of methoxy groups -OCH3 is 1. The number of benzene rings is 1. The third-order valence-corrected chi connectivity index (χ3v) is 4.16. The molecule has 0 aliphatic heterocycles. The van der Waals surface area contributed by atoms with Crippen LogP contribution in [-0.2, 0) is 19.6 Å². The molecule has 0 fully saturated rings. The van der Waals surface area contributed by atoms with Gasteiger partial charge in [-0.2, -0.15) is 17.9 Å². The summed E-state index contributed by atoms with van der Waals surface area (Å²) in [5.74, 6) is -2.19. The Balaban J connectivity index is 3.34. The van der Waals surface area contributed by atoms with Gasteiger partial charge in [0.2, 0.25) is 10.0 Å². The van der Waals surface area contributed by atoms with Gasteiger partial charge in [0.05, 0.1) is 12.0 Å². The SMILES string of the molecule is COC(=O)[C@](O)(NS(=O)(=O)c1ccccc1C)C(F)(F)F. The van der Waals surface area contributed by atoms with Crippen molar-refractivity contribution in [2.45, 2.75) is 23.7 Å². The first-order chi connectivity index (χ1) is 9.45. The molecule has 0 aliphatic rings. The first-order valence-corrected chi connectivity index (χ1v) is 6.91. The highest BCUT2D eigenvalue weighted by Gasteiger charge is 2.63. The van der Waals surface area contributed by atoms with E-state index >= 15 is 0 Å². The van der Waals surface area contributed by atoms with Gasteiger partial charge >= 0.3 is 17.9 Å². The second-order valence-corrected chi connectivity index (χ2v) is 5.72. The first-order valence-electron chi connectivity index (χ1n) is 5.43. The minimum atomic E-state index is -5.60. The van der Waals surface area contributed by atoms with E-state index in [0.717, 1.165) is 10.8 Å². The van der Waals surface area contributed by atoms with Crippen molar-refractivity contribution in [2.75, 3.05) is 7.11 Å². The van der Waals surface area contributed by atoms with E-state index in [1.54, 1.807) is 0 Å². The third-order valence-electron chi connectivity index (χ3n) is 2.56. The Labute approximate surface area is 118 Å². The van der Waals surface area contributed by atoms with E-state index < -0.39 is 32.8 Å².